The number of para-hydroxylation sites is 2. The number of imidazole rings is 1. The molecule has 23 heteroatoms. The van der Waals surface area contributed by atoms with Gasteiger partial charge in [-0.2, -0.15) is 27.4 Å². The van der Waals surface area contributed by atoms with Crippen LogP contribution < -0.4 is 4.74 Å². The van der Waals surface area contributed by atoms with E-state index in [1.807, 2.05) is 12.1 Å². The number of aliphatic hydroxyl groups excluding tert-OH is 1. The summed E-state index contributed by atoms with van der Waals surface area (Å²) in [7, 11) is -9.18. The Bertz CT molecular complexity index is 4090. The third kappa shape index (κ3) is 9.58. The topological polar surface area (TPSA) is 297 Å². The maximum absolute atomic E-state index is 12.6. The van der Waals surface area contributed by atoms with E-state index >= 15 is 0 Å². The van der Waals surface area contributed by atoms with Gasteiger partial charge in [-0.15, -0.1) is 30.7 Å². The smallest absolute Gasteiger partial charge is 0.296 e. The Morgan fingerprint density at radius 2 is 1.42 bits per heavy atom. The number of hydrogen-bond donors (Lipinski definition) is 4. The highest BCUT2D eigenvalue weighted by Crippen LogP contribution is 2.49. The molecule has 0 spiro atoms. The zero-order valence-electron chi connectivity index (χ0n) is 36.6. The average molecular weight is 1070 g/mol. The molecule has 0 unspecified atom stereocenters. The number of benzene rings is 6. The molecular formula is C48H33BrN10O9S3. The van der Waals surface area contributed by atoms with Crippen molar-refractivity contribution >= 4 is 118 Å². The molecular weight excluding hydrogens is 1040 g/mol. The van der Waals surface area contributed by atoms with Gasteiger partial charge in [0.25, 0.3) is 20.2 Å². The first-order valence-corrected chi connectivity index (χ1v) is 25.6. The number of nitrogens with zero attached hydrogens (tertiary/aromatic N) is 10. The number of aliphatic hydroxyl groups is 1. The second-order valence-corrected chi connectivity index (χ2v) is 20.3. The summed E-state index contributed by atoms with van der Waals surface area (Å²) in [6, 6.07) is 34.5. The molecule has 0 amide bonds. The van der Waals surface area contributed by atoms with Crippen LogP contribution in [0.2, 0.25) is 0 Å². The Hall–Kier alpha value is -7.87. The largest absolute Gasteiger partial charge is 0.494 e. The Balaban J connectivity index is 1.11. The lowest BCUT2D eigenvalue weighted by Crippen LogP contribution is -2.08. The standard InChI is InChI=1S/C48H33BrN10O9S3/c1-26-34(23-50)45-52-38-9-4-5-10-40(38)59(45)48(61)44(26)56-53-36-17-18-37(33-8-3-2-7-32(33)36)54-57-46-35(24-51)42(28-13-15-31-27(21-28)11-12-29(25-60)43(31)49)47(69-46)58-55-39-16-14-30(22-41(39)71(65,66)67)68-19-6-20-70(62,63)64/h2-5,7-18,21-22,60-61H,6,19-20,25H2,1H3,(H,62,63,64)(H,65,66,67). The van der Waals surface area contributed by atoms with Crippen LogP contribution >= 0.6 is 27.3 Å². The number of hydrogen-bond acceptors (Lipinski definition) is 17. The van der Waals surface area contributed by atoms with Crippen LogP contribution in [0.25, 0.3) is 49.4 Å². The number of aromatic hydroxyl groups is 1. The van der Waals surface area contributed by atoms with Crippen LogP contribution in [-0.2, 0) is 26.8 Å². The average Bonchev–Trinajstić information content (AvgIpc) is 3.92. The van der Waals surface area contributed by atoms with Gasteiger partial charge in [-0.1, -0.05) is 72.0 Å². The van der Waals surface area contributed by atoms with Gasteiger partial charge in [0.15, 0.2) is 16.3 Å². The molecule has 9 aromatic rings. The number of azo groups is 3. The number of rotatable bonds is 14. The normalized spacial score (nSPS) is 12.3. The third-order valence-corrected chi connectivity index (χ3v) is 14.8. The van der Waals surface area contributed by atoms with Crippen molar-refractivity contribution in [3.8, 4) is 34.9 Å². The molecule has 9 rings (SSSR count). The second-order valence-electron chi connectivity index (χ2n) is 15.6. The number of fused-ring (bicyclic) bond motifs is 5. The third-order valence-electron chi connectivity index (χ3n) is 11.2. The Labute approximate surface area is 415 Å². The predicted molar refractivity (Wildman–Crippen MR) is 269 cm³/mol. The molecule has 6 aromatic carbocycles. The van der Waals surface area contributed by atoms with Crippen LogP contribution in [0.15, 0.2) is 149 Å². The van der Waals surface area contributed by atoms with Crippen molar-refractivity contribution in [2.45, 2.75) is 24.8 Å². The highest BCUT2D eigenvalue weighted by atomic mass is 79.9. The van der Waals surface area contributed by atoms with E-state index in [-0.39, 0.29) is 75.0 Å². The van der Waals surface area contributed by atoms with Gasteiger partial charge < -0.3 is 14.9 Å². The van der Waals surface area contributed by atoms with Gasteiger partial charge in [0.2, 0.25) is 5.88 Å². The minimum atomic E-state index is -4.93. The maximum Gasteiger partial charge on any atom is 0.296 e. The summed E-state index contributed by atoms with van der Waals surface area (Å²) >= 11 is 4.50. The molecule has 0 saturated heterocycles. The fourth-order valence-corrected chi connectivity index (χ4v) is 10.5. The van der Waals surface area contributed by atoms with E-state index in [2.05, 4.69) is 63.7 Å². The van der Waals surface area contributed by atoms with Crippen molar-refractivity contribution in [1.29, 1.82) is 10.5 Å². The predicted octanol–water partition coefficient (Wildman–Crippen LogP) is 12.7. The number of halogens is 1. The van der Waals surface area contributed by atoms with E-state index in [4.69, 9.17) is 9.29 Å². The number of ether oxygens (including phenoxy) is 1. The first kappa shape index (κ1) is 48.2. The molecule has 0 bridgehead atoms. The first-order chi connectivity index (χ1) is 34.1. The molecule has 354 valence electrons. The Kier molecular flexibility index (Phi) is 13.2. The van der Waals surface area contributed by atoms with E-state index < -0.39 is 30.9 Å². The molecule has 0 aliphatic heterocycles. The van der Waals surface area contributed by atoms with Crippen molar-refractivity contribution in [3.63, 3.8) is 0 Å². The minimum absolute atomic E-state index is 0.0432. The van der Waals surface area contributed by atoms with E-state index in [9.17, 15) is 42.1 Å². The molecule has 0 atom stereocenters. The molecule has 4 N–H and O–H groups in total. The lowest BCUT2D eigenvalue weighted by atomic mass is 9.99. The van der Waals surface area contributed by atoms with Gasteiger partial charge in [-0.05, 0) is 93.6 Å². The quantitative estimate of drug-likeness (QED) is 0.0449. The summed E-state index contributed by atoms with van der Waals surface area (Å²) < 4.78 is 74.2. The molecule has 0 radical (unpaired) electrons. The molecule has 0 aliphatic carbocycles. The van der Waals surface area contributed by atoms with Crippen molar-refractivity contribution in [3.05, 3.63) is 136 Å². The number of aromatic nitrogens is 2. The first-order valence-electron chi connectivity index (χ1n) is 21.0. The second kappa shape index (κ2) is 19.5. The Morgan fingerprint density at radius 3 is 2.11 bits per heavy atom. The van der Waals surface area contributed by atoms with Crippen molar-refractivity contribution < 1.29 is 40.9 Å². The van der Waals surface area contributed by atoms with Gasteiger partial charge in [0, 0.05) is 32.4 Å². The fourth-order valence-electron chi connectivity index (χ4n) is 7.80. The molecule has 71 heavy (non-hydrogen) atoms. The maximum atomic E-state index is 12.6. The molecule has 19 nitrogen and oxygen atoms in total. The van der Waals surface area contributed by atoms with Crippen LogP contribution in [0, 0.1) is 29.6 Å². The van der Waals surface area contributed by atoms with Crippen molar-refractivity contribution in [2.24, 2.45) is 30.7 Å². The Morgan fingerprint density at radius 1 is 0.761 bits per heavy atom. The zero-order chi connectivity index (χ0) is 50.2. The highest BCUT2D eigenvalue weighted by molar-refractivity contribution is 9.10. The van der Waals surface area contributed by atoms with Crippen LogP contribution in [0.4, 0.5) is 32.8 Å². The SMILES string of the molecule is Cc1c(N=Nc2ccc(N=Nc3sc(N=Nc4ccc(OCCCS(=O)(=O)O)cc4S(=O)(=O)O)c(-c4ccc5c(Br)c(CO)ccc5c4)c3C#N)c3ccccc23)c(O)n2c(nc3ccccc32)c1C#N. The number of thiophene rings is 1. The highest BCUT2D eigenvalue weighted by Gasteiger charge is 2.24. The van der Waals surface area contributed by atoms with Crippen molar-refractivity contribution in [1.82, 2.24) is 9.38 Å². The van der Waals surface area contributed by atoms with Gasteiger partial charge in [-0.25, -0.2) is 4.98 Å². The monoisotopic (exact) mass is 1070 g/mol. The van der Waals surface area contributed by atoms with Crippen molar-refractivity contribution in [2.75, 3.05) is 12.4 Å². The molecule has 0 aliphatic rings. The van der Waals surface area contributed by atoms with Crippen LogP contribution in [0.1, 0.15) is 28.7 Å². The van der Waals surface area contributed by atoms with Crippen LogP contribution in [-0.4, -0.2) is 57.9 Å². The van der Waals surface area contributed by atoms with Gasteiger partial charge in [0.05, 0.1) is 41.4 Å². The van der Waals surface area contributed by atoms with Crippen LogP contribution in [0.3, 0.4) is 0 Å². The minimum Gasteiger partial charge on any atom is -0.494 e. The summed E-state index contributed by atoms with van der Waals surface area (Å²) in [4.78, 5) is 3.89. The molecule has 3 heterocycles. The van der Waals surface area contributed by atoms with Crippen LogP contribution in [0.5, 0.6) is 11.6 Å². The lowest BCUT2D eigenvalue weighted by Gasteiger charge is -2.09. The van der Waals surface area contributed by atoms with E-state index in [0.717, 1.165) is 28.2 Å². The summed E-state index contributed by atoms with van der Waals surface area (Å²) in [5.41, 5.74) is 4.16. The summed E-state index contributed by atoms with van der Waals surface area (Å²) in [5.74, 6) is -0.872. The van der Waals surface area contributed by atoms with E-state index in [0.29, 0.717) is 54.3 Å². The molecule has 0 fully saturated rings. The summed E-state index contributed by atoms with van der Waals surface area (Å²) in [6.07, 6.45) is -0.105. The van der Waals surface area contributed by atoms with E-state index in [1.54, 1.807) is 85.8 Å². The number of nitriles is 2. The molecule has 3 aromatic heterocycles. The summed E-state index contributed by atoms with van der Waals surface area (Å²) in [5, 5.41) is 71.9. The zero-order valence-corrected chi connectivity index (χ0v) is 40.7. The van der Waals surface area contributed by atoms with Gasteiger partial charge in [-0.3, -0.25) is 13.5 Å². The van der Waals surface area contributed by atoms with Gasteiger partial charge in [0.1, 0.15) is 44.6 Å². The summed E-state index contributed by atoms with van der Waals surface area (Å²) in [6.45, 7) is 1.25. The number of pyridine rings is 1. The lowest BCUT2D eigenvalue weighted by molar-refractivity contribution is 0.281. The van der Waals surface area contributed by atoms with Gasteiger partial charge >= 0.3 is 0 Å². The molecule has 0 saturated carbocycles. The fraction of sp³-hybridized carbons (Fsp3) is 0.104. The van der Waals surface area contributed by atoms with E-state index in [1.165, 1.54) is 16.5 Å².